The van der Waals surface area contributed by atoms with E-state index in [1.165, 1.54) is 18.3 Å². The average molecular weight is 453 g/mol. The van der Waals surface area contributed by atoms with Crippen molar-refractivity contribution in [2.75, 3.05) is 11.9 Å². The highest BCUT2D eigenvalue weighted by atomic mass is 35.5. The van der Waals surface area contributed by atoms with E-state index in [9.17, 15) is 22.8 Å². The Morgan fingerprint density at radius 1 is 1.19 bits per heavy atom. The molecule has 1 aromatic carbocycles. The molecule has 1 amide bonds. The summed E-state index contributed by atoms with van der Waals surface area (Å²) in [7, 11) is 0. The van der Waals surface area contributed by atoms with Crippen LogP contribution in [-0.4, -0.2) is 33.2 Å². The third-order valence-corrected chi connectivity index (χ3v) is 4.44. The third kappa shape index (κ3) is 5.21. The lowest BCUT2D eigenvalue weighted by Crippen LogP contribution is -2.23. The van der Waals surface area contributed by atoms with Crippen LogP contribution >= 0.6 is 11.6 Å². The van der Waals surface area contributed by atoms with Crippen LogP contribution in [0.4, 0.5) is 18.9 Å². The number of para-hydroxylation sites is 1. The molecule has 0 bridgehead atoms. The predicted octanol–water partition coefficient (Wildman–Crippen LogP) is 4.35. The number of nitrogens with one attached hydrogen (secondary N) is 1. The second kappa shape index (κ2) is 8.76. The maximum Gasteiger partial charge on any atom is 0.418 e. The highest BCUT2D eigenvalue weighted by molar-refractivity contribution is 6.34. The molecular formula is C20H16ClF3N4O3. The van der Waals surface area contributed by atoms with E-state index in [1.54, 1.807) is 10.7 Å². The number of hydrogen-bond acceptors (Lipinski definition) is 5. The van der Waals surface area contributed by atoms with Gasteiger partial charge in [0.05, 0.1) is 27.5 Å². The molecule has 11 heteroatoms. The predicted molar refractivity (Wildman–Crippen MR) is 106 cm³/mol. The van der Waals surface area contributed by atoms with Crippen LogP contribution in [-0.2, 0) is 15.7 Å². The summed E-state index contributed by atoms with van der Waals surface area (Å²) < 4.78 is 45.7. The second-order valence-electron chi connectivity index (χ2n) is 6.53. The van der Waals surface area contributed by atoms with E-state index in [1.807, 2.05) is 25.2 Å². The third-order valence-electron chi connectivity index (χ3n) is 4.13. The maximum absolute atomic E-state index is 13.1. The first-order chi connectivity index (χ1) is 14.6. The van der Waals surface area contributed by atoms with Gasteiger partial charge in [0.1, 0.15) is 0 Å². The van der Waals surface area contributed by atoms with Gasteiger partial charge >= 0.3 is 12.1 Å². The summed E-state index contributed by atoms with van der Waals surface area (Å²) in [5, 5.41) is 6.02. The number of ether oxygens (including phenoxy) is 1. The van der Waals surface area contributed by atoms with Gasteiger partial charge in [-0.15, -0.1) is 0 Å². The van der Waals surface area contributed by atoms with Crippen molar-refractivity contribution in [2.24, 2.45) is 0 Å². The highest BCUT2D eigenvalue weighted by Crippen LogP contribution is 2.38. The molecule has 162 valence electrons. The molecule has 0 saturated carbocycles. The summed E-state index contributed by atoms with van der Waals surface area (Å²) >= 11 is 5.78. The fraction of sp³-hybridized carbons (Fsp3) is 0.200. The van der Waals surface area contributed by atoms with E-state index >= 15 is 0 Å². The molecule has 0 saturated heterocycles. The number of halogens is 4. The maximum atomic E-state index is 13.1. The van der Waals surface area contributed by atoms with Crippen molar-refractivity contribution < 1.29 is 27.5 Å². The Hall–Kier alpha value is -3.40. The Kier molecular flexibility index (Phi) is 6.30. The fourth-order valence-electron chi connectivity index (χ4n) is 2.77. The van der Waals surface area contributed by atoms with Gasteiger partial charge in [0.25, 0.3) is 5.91 Å². The van der Waals surface area contributed by atoms with Crippen LogP contribution in [0.2, 0.25) is 5.02 Å². The number of pyridine rings is 1. The number of benzene rings is 1. The van der Waals surface area contributed by atoms with E-state index in [4.69, 9.17) is 16.3 Å². The van der Waals surface area contributed by atoms with Crippen LogP contribution in [0.3, 0.4) is 0 Å². The summed E-state index contributed by atoms with van der Waals surface area (Å²) in [6.45, 7) is 2.88. The molecule has 0 radical (unpaired) electrons. The number of carbonyl (C=O) groups excluding carboxylic acids is 2. The number of carbonyl (C=O) groups is 2. The summed E-state index contributed by atoms with van der Waals surface area (Å²) in [5.74, 6) is -1.35. The molecule has 0 aliphatic rings. The lowest BCUT2D eigenvalue weighted by molar-refractivity contribution is -0.137. The van der Waals surface area contributed by atoms with E-state index in [2.05, 4.69) is 10.1 Å². The van der Waals surface area contributed by atoms with Crippen molar-refractivity contribution in [1.82, 2.24) is 14.8 Å². The van der Waals surface area contributed by atoms with Crippen LogP contribution in [0.1, 0.15) is 27.3 Å². The van der Waals surface area contributed by atoms with Crippen molar-refractivity contribution in [3.05, 3.63) is 70.1 Å². The van der Waals surface area contributed by atoms with Crippen LogP contribution < -0.4 is 5.32 Å². The largest absolute Gasteiger partial charge is 0.452 e. The molecule has 2 aromatic heterocycles. The molecule has 1 N–H and O–H groups in total. The Morgan fingerprint density at radius 3 is 2.52 bits per heavy atom. The van der Waals surface area contributed by atoms with Crippen molar-refractivity contribution in [3.63, 3.8) is 0 Å². The minimum atomic E-state index is -4.72. The standard InChI is InChI=1S/C20H16ClF3N4O3/c1-11-8-12(2)28(27-11)16-7-6-13(9-25-16)19(30)31-10-17(29)26-18-14(20(22,23)24)4-3-5-15(18)21/h3-9H,10H2,1-2H3,(H,26,29). The van der Waals surface area contributed by atoms with Crippen LogP contribution in [0, 0.1) is 13.8 Å². The first kappa shape index (κ1) is 22.3. The zero-order chi connectivity index (χ0) is 22.8. The number of aromatic nitrogens is 3. The Labute approximate surface area is 179 Å². The van der Waals surface area contributed by atoms with Crippen LogP contribution in [0.15, 0.2) is 42.6 Å². The molecule has 2 heterocycles. The van der Waals surface area contributed by atoms with Gasteiger partial charge in [-0.25, -0.2) is 14.5 Å². The number of amides is 1. The van der Waals surface area contributed by atoms with Crippen molar-refractivity contribution in [1.29, 1.82) is 0 Å². The number of rotatable bonds is 5. The molecule has 3 rings (SSSR count). The molecule has 0 unspecified atom stereocenters. The number of anilines is 1. The van der Waals surface area contributed by atoms with Gasteiger partial charge in [-0.1, -0.05) is 17.7 Å². The smallest absolute Gasteiger partial charge is 0.418 e. The summed E-state index contributed by atoms with van der Waals surface area (Å²) in [6.07, 6.45) is -3.47. The molecule has 0 spiro atoms. The van der Waals surface area contributed by atoms with Gasteiger partial charge in [0.2, 0.25) is 0 Å². The number of nitrogens with zero attached hydrogens (tertiary/aromatic N) is 3. The van der Waals surface area contributed by atoms with Crippen LogP contribution in [0.25, 0.3) is 5.82 Å². The molecule has 0 atom stereocenters. The SMILES string of the molecule is Cc1cc(C)n(-c2ccc(C(=O)OCC(=O)Nc3c(Cl)cccc3C(F)(F)F)cn2)n1. The Balaban J connectivity index is 1.64. The molecule has 7 nitrogen and oxygen atoms in total. The minimum Gasteiger partial charge on any atom is -0.452 e. The minimum absolute atomic E-state index is 0.0619. The molecule has 31 heavy (non-hydrogen) atoms. The first-order valence-electron chi connectivity index (χ1n) is 8.88. The summed E-state index contributed by atoms with van der Waals surface area (Å²) in [6, 6.07) is 7.96. The summed E-state index contributed by atoms with van der Waals surface area (Å²) in [4.78, 5) is 28.3. The molecule has 0 aliphatic heterocycles. The van der Waals surface area contributed by atoms with E-state index in [0.29, 0.717) is 5.82 Å². The molecule has 3 aromatic rings. The van der Waals surface area contributed by atoms with Gasteiger partial charge in [-0.2, -0.15) is 18.3 Å². The van der Waals surface area contributed by atoms with Gasteiger partial charge in [0, 0.05) is 11.9 Å². The normalized spacial score (nSPS) is 11.3. The average Bonchev–Trinajstić information content (AvgIpc) is 3.05. The monoisotopic (exact) mass is 452 g/mol. The van der Waals surface area contributed by atoms with Crippen molar-refractivity contribution >= 4 is 29.2 Å². The van der Waals surface area contributed by atoms with E-state index < -0.39 is 35.9 Å². The van der Waals surface area contributed by atoms with Gasteiger partial charge in [0.15, 0.2) is 12.4 Å². The number of hydrogen-bond donors (Lipinski definition) is 1. The van der Waals surface area contributed by atoms with Gasteiger partial charge in [-0.3, -0.25) is 4.79 Å². The fourth-order valence-corrected chi connectivity index (χ4v) is 2.99. The first-order valence-corrected chi connectivity index (χ1v) is 9.26. The number of aryl methyl sites for hydroxylation is 2. The topological polar surface area (TPSA) is 86.1 Å². The van der Waals surface area contributed by atoms with Gasteiger partial charge < -0.3 is 10.1 Å². The lowest BCUT2D eigenvalue weighted by atomic mass is 10.1. The Bertz CT molecular complexity index is 1130. The van der Waals surface area contributed by atoms with Crippen molar-refractivity contribution in [2.45, 2.75) is 20.0 Å². The molecule has 0 aliphatic carbocycles. The Morgan fingerprint density at radius 2 is 1.94 bits per heavy atom. The van der Waals surface area contributed by atoms with Crippen molar-refractivity contribution in [3.8, 4) is 5.82 Å². The summed E-state index contributed by atoms with van der Waals surface area (Å²) in [5.41, 5.74) is 0.0137. The zero-order valence-corrected chi connectivity index (χ0v) is 17.1. The second-order valence-corrected chi connectivity index (χ2v) is 6.94. The quantitative estimate of drug-likeness (QED) is 0.581. The number of esters is 1. The molecule has 0 fully saturated rings. The van der Waals surface area contributed by atoms with E-state index in [-0.39, 0.29) is 10.6 Å². The zero-order valence-electron chi connectivity index (χ0n) is 16.3. The highest BCUT2D eigenvalue weighted by Gasteiger charge is 2.34. The number of alkyl halides is 3. The lowest BCUT2D eigenvalue weighted by Gasteiger charge is -2.15. The van der Waals surface area contributed by atoms with Crippen LogP contribution in [0.5, 0.6) is 0 Å². The van der Waals surface area contributed by atoms with E-state index in [0.717, 1.165) is 23.5 Å². The van der Waals surface area contributed by atoms with Gasteiger partial charge in [-0.05, 0) is 44.2 Å². The molecular weight excluding hydrogens is 437 g/mol.